The first-order chi connectivity index (χ1) is 8.69. The van der Waals surface area contributed by atoms with E-state index in [1.807, 2.05) is 6.07 Å². The summed E-state index contributed by atoms with van der Waals surface area (Å²) in [6.45, 7) is -0.0548. The summed E-state index contributed by atoms with van der Waals surface area (Å²) >= 11 is 0. The van der Waals surface area contributed by atoms with Crippen LogP contribution in [-0.4, -0.2) is 22.7 Å². The van der Waals surface area contributed by atoms with E-state index in [2.05, 4.69) is 4.98 Å². The van der Waals surface area contributed by atoms with Crippen molar-refractivity contribution in [1.82, 2.24) is 4.98 Å². The lowest BCUT2D eigenvalue weighted by molar-refractivity contribution is 0.265. The normalized spacial score (nSPS) is 12.4. The first-order valence-electron chi connectivity index (χ1n) is 5.75. The van der Waals surface area contributed by atoms with Crippen LogP contribution in [0, 0.1) is 5.82 Å². The molecule has 1 aromatic heterocycles. The van der Waals surface area contributed by atoms with Crippen LogP contribution >= 0.6 is 0 Å². The lowest BCUT2D eigenvalue weighted by Crippen LogP contribution is -2.26. The molecule has 3 nitrogen and oxygen atoms in total. The first-order valence-corrected chi connectivity index (χ1v) is 5.75. The third-order valence-corrected chi connectivity index (χ3v) is 2.70. The van der Waals surface area contributed by atoms with E-state index in [9.17, 15) is 4.39 Å². The van der Waals surface area contributed by atoms with Gasteiger partial charge in [-0.2, -0.15) is 0 Å². The molecule has 1 heterocycles. The molecule has 1 atom stereocenters. The lowest BCUT2D eigenvalue weighted by Gasteiger charge is -2.09. The van der Waals surface area contributed by atoms with Crippen LogP contribution < -0.4 is 5.73 Å². The van der Waals surface area contributed by atoms with Gasteiger partial charge in [0, 0.05) is 24.0 Å². The van der Waals surface area contributed by atoms with Gasteiger partial charge in [0.15, 0.2) is 0 Å². The molecule has 0 saturated heterocycles. The number of hydrogen-bond donors (Lipinski definition) is 2. The largest absolute Gasteiger partial charge is 0.395 e. The Hall–Kier alpha value is -1.78. The minimum absolute atomic E-state index is 0.0548. The average molecular weight is 246 g/mol. The van der Waals surface area contributed by atoms with Gasteiger partial charge in [-0.3, -0.25) is 4.98 Å². The minimum atomic E-state index is -0.282. The van der Waals surface area contributed by atoms with Crippen LogP contribution in [-0.2, 0) is 6.42 Å². The molecule has 0 saturated carbocycles. The van der Waals surface area contributed by atoms with Gasteiger partial charge in [-0.15, -0.1) is 0 Å². The van der Waals surface area contributed by atoms with Gasteiger partial charge in [-0.05, 0) is 35.7 Å². The second-order valence-corrected chi connectivity index (χ2v) is 4.24. The summed E-state index contributed by atoms with van der Waals surface area (Å²) in [5, 5.41) is 8.93. The molecular formula is C14H15FN2O. The molecule has 0 radical (unpaired) electrons. The topological polar surface area (TPSA) is 59.1 Å². The van der Waals surface area contributed by atoms with E-state index >= 15 is 0 Å². The van der Waals surface area contributed by atoms with Crippen molar-refractivity contribution in [2.24, 2.45) is 5.73 Å². The minimum Gasteiger partial charge on any atom is -0.395 e. The van der Waals surface area contributed by atoms with Crippen LogP contribution in [0.2, 0.25) is 0 Å². The number of aromatic nitrogens is 1. The number of aliphatic hydroxyl groups is 1. The van der Waals surface area contributed by atoms with Gasteiger partial charge in [-0.1, -0.05) is 12.1 Å². The van der Waals surface area contributed by atoms with Gasteiger partial charge in [0.1, 0.15) is 5.82 Å². The fraction of sp³-hybridized carbons (Fsp3) is 0.214. The average Bonchev–Trinajstić information content (AvgIpc) is 2.40. The predicted molar refractivity (Wildman–Crippen MR) is 68.4 cm³/mol. The summed E-state index contributed by atoms with van der Waals surface area (Å²) in [6.07, 6.45) is 4.02. The maximum atomic E-state index is 12.8. The van der Waals surface area contributed by atoms with E-state index in [1.54, 1.807) is 24.5 Å². The van der Waals surface area contributed by atoms with Crippen molar-refractivity contribution in [1.29, 1.82) is 0 Å². The molecule has 0 fully saturated rings. The summed E-state index contributed by atoms with van der Waals surface area (Å²) in [4.78, 5) is 4.14. The number of benzene rings is 1. The van der Waals surface area contributed by atoms with Crippen molar-refractivity contribution < 1.29 is 9.50 Å². The van der Waals surface area contributed by atoms with Crippen molar-refractivity contribution in [2.75, 3.05) is 6.61 Å². The number of nitrogens with zero attached hydrogens (tertiary/aromatic N) is 1. The molecule has 2 aromatic rings. The highest BCUT2D eigenvalue weighted by Crippen LogP contribution is 2.20. The van der Waals surface area contributed by atoms with Crippen molar-refractivity contribution in [3.05, 3.63) is 54.1 Å². The van der Waals surface area contributed by atoms with Crippen molar-refractivity contribution >= 4 is 0 Å². The van der Waals surface area contributed by atoms with Crippen molar-refractivity contribution in [2.45, 2.75) is 12.5 Å². The first kappa shape index (κ1) is 12.7. The van der Waals surface area contributed by atoms with Gasteiger partial charge >= 0.3 is 0 Å². The Kier molecular flexibility index (Phi) is 4.02. The number of rotatable bonds is 4. The second kappa shape index (κ2) is 5.71. The molecule has 4 heteroatoms. The van der Waals surface area contributed by atoms with Gasteiger partial charge < -0.3 is 10.8 Å². The second-order valence-electron chi connectivity index (χ2n) is 4.24. The van der Waals surface area contributed by atoms with E-state index in [1.165, 1.54) is 12.1 Å². The quantitative estimate of drug-likeness (QED) is 0.864. The third kappa shape index (κ3) is 3.12. The number of aliphatic hydroxyl groups excluding tert-OH is 1. The van der Waals surface area contributed by atoms with Crippen LogP contribution in [0.25, 0.3) is 11.1 Å². The van der Waals surface area contributed by atoms with Crippen molar-refractivity contribution in [3.8, 4) is 11.1 Å². The summed E-state index contributed by atoms with van der Waals surface area (Å²) in [7, 11) is 0. The van der Waals surface area contributed by atoms with E-state index < -0.39 is 0 Å². The molecule has 0 aliphatic heterocycles. The fourth-order valence-corrected chi connectivity index (χ4v) is 1.77. The summed E-state index contributed by atoms with van der Waals surface area (Å²) < 4.78 is 12.8. The Morgan fingerprint density at radius 1 is 1.17 bits per heavy atom. The third-order valence-electron chi connectivity index (χ3n) is 2.70. The SMILES string of the molecule is NC(CO)Cc1cncc(-c2ccc(F)cc2)c1. The Morgan fingerprint density at radius 3 is 2.56 bits per heavy atom. The molecule has 0 amide bonds. The van der Waals surface area contributed by atoms with Gasteiger partial charge in [0.2, 0.25) is 0 Å². The Labute approximate surface area is 105 Å². The lowest BCUT2D eigenvalue weighted by atomic mass is 10.0. The summed E-state index contributed by atoms with van der Waals surface area (Å²) in [5.41, 5.74) is 8.46. The van der Waals surface area contributed by atoms with Crippen LogP contribution in [0.4, 0.5) is 4.39 Å². The van der Waals surface area contributed by atoms with Gasteiger partial charge in [0.25, 0.3) is 0 Å². The Bertz CT molecular complexity index is 513. The van der Waals surface area contributed by atoms with E-state index in [4.69, 9.17) is 10.8 Å². The predicted octanol–water partition coefficient (Wildman–Crippen LogP) is 1.75. The van der Waals surface area contributed by atoms with Crippen molar-refractivity contribution in [3.63, 3.8) is 0 Å². The molecule has 1 unspecified atom stereocenters. The summed E-state index contributed by atoms with van der Waals surface area (Å²) in [6, 6.07) is 7.93. The van der Waals surface area contributed by atoms with Gasteiger partial charge in [0.05, 0.1) is 6.61 Å². The standard InChI is InChI=1S/C14H15FN2O/c15-13-3-1-11(2-4-13)12-5-10(7-17-8-12)6-14(16)9-18/h1-5,7-8,14,18H,6,9,16H2. The van der Waals surface area contributed by atoms with E-state index in [0.29, 0.717) is 6.42 Å². The van der Waals surface area contributed by atoms with Crippen LogP contribution in [0.1, 0.15) is 5.56 Å². The highest BCUT2D eigenvalue weighted by atomic mass is 19.1. The molecule has 0 spiro atoms. The molecule has 0 aliphatic rings. The van der Waals surface area contributed by atoms with E-state index in [-0.39, 0.29) is 18.5 Å². The zero-order chi connectivity index (χ0) is 13.0. The maximum absolute atomic E-state index is 12.8. The van der Waals surface area contributed by atoms with Crippen LogP contribution in [0.5, 0.6) is 0 Å². The molecule has 1 aromatic carbocycles. The zero-order valence-corrected chi connectivity index (χ0v) is 9.88. The maximum Gasteiger partial charge on any atom is 0.123 e. The van der Waals surface area contributed by atoms with Crippen LogP contribution in [0.15, 0.2) is 42.7 Å². The van der Waals surface area contributed by atoms with Gasteiger partial charge in [-0.25, -0.2) is 4.39 Å². The molecule has 0 aliphatic carbocycles. The Balaban J connectivity index is 2.24. The number of pyridine rings is 1. The molecule has 0 bridgehead atoms. The summed E-state index contributed by atoms with van der Waals surface area (Å²) in [5.74, 6) is -0.259. The molecule has 3 N–H and O–H groups in total. The van der Waals surface area contributed by atoms with E-state index in [0.717, 1.165) is 16.7 Å². The number of halogens is 1. The smallest absolute Gasteiger partial charge is 0.123 e. The Morgan fingerprint density at radius 2 is 1.89 bits per heavy atom. The highest BCUT2D eigenvalue weighted by molar-refractivity contribution is 5.62. The fourth-order valence-electron chi connectivity index (χ4n) is 1.77. The molecule has 2 rings (SSSR count). The molecule has 18 heavy (non-hydrogen) atoms. The molecule has 94 valence electrons. The number of nitrogens with two attached hydrogens (primary N) is 1. The monoisotopic (exact) mass is 246 g/mol. The molecular weight excluding hydrogens is 231 g/mol. The zero-order valence-electron chi connectivity index (χ0n) is 9.88. The highest BCUT2D eigenvalue weighted by Gasteiger charge is 2.05. The number of hydrogen-bond acceptors (Lipinski definition) is 3. The van der Waals surface area contributed by atoms with Crippen LogP contribution in [0.3, 0.4) is 0 Å².